The van der Waals surface area contributed by atoms with Crippen molar-refractivity contribution in [2.24, 2.45) is 0 Å². The SMILES string of the molecule is [O-][O+]=c1c2ccccc2[s+]([O-])c2ccccc12. The van der Waals surface area contributed by atoms with Crippen LogP contribution in [0, 0.1) is 0 Å². The minimum absolute atomic E-state index is 0.246. The van der Waals surface area contributed by atoms with Crippen LogP contribution in [0.4, 0.5) is 0 Å². The predicted molar refractivity (Wildman–Crippen MR) is 66.4 cm³/mol. The van der Waals surface area contributed by atoms with Gasteiger partial charge in [-0.25, -0.2) is 0 Å². The van der Waals surface area contributed by atoms with E-state index in [1.165, 1.54) is 0 Å². The molecule has 1 aromatic heterocycles. The molecule has 0 radical (unpaired) electrons. The Morgan fingerprint density at radius 3 is 1.76 bits per heavy atom. The zero-order valence-electron chi connectivity index (χ0n) is 8.75. The molecule has 0 fully saturated rings. The van der Waals surface area contributed by atoms with Gasteiger partial charge in [0.05, 0.1) is 0 Å². The van der Waals surface area contributed by atoms with Crippen molar-refractivity contribution >= 4 is 30.9 Å². The molecule has 0 atom stereocenters. The average molecular weight is 244 g/mol. The Morgan fingerprint density at radius 2 is 1.29 bits per heavy atom. The maximum atomic E-state index is 12.3. The van der Waals surface area contributed by atoms with Crippen LogP contribution in [-0.2, 0) is 0 Å². The Balaban J connectivity index is 2.74. The monoisotopic (exact) mass is 244 g/mol. The number of rotatable bonds is 0. The van der Waals surface area contributed by atoms with Crippen molar-refractivity contribution in [3.8, 4) is 0 Å². The second-order valence-corrected chi connectivity index (χ2v) is 5.09. The van der Waals surface area contributed by atoms with Gasteiger partial charge >= 0.3 is 5.43 Å². The lowest BCUT2D eigenvalue weighted by Crippen LogP contribution is -2.10. The van der Waals surface area contributed by atoms with Crippen LogP contribution in [0.15, 0.2) is 53.1 Å². The first-order valence-electron chi connectivity index (χ1n) is 5.10. The summed E-state index contributed by atoms with van der Waals surface area (Å²) in [5.74, 6) is 0. The Bertz CT molecular complexity index is 714. The van der Waals surface area contributed by atoms with E-state index in [4.69, 9.17) is 0 Å². The molecule has 0 saturated heterocycles. The van der Waals surface area contributed by atoms with Crippen LogP contribution in [0.25, 0.3) is 20.2 Å². The van der Waals surface area contributed by atoms with E-state index in [1.807, 2.05) is 0 Å². The third-order valence-electron chi connectivity index (χ3n) is 2.75. The van der Waals surface area contributed by atoms with Crippen molar-refractivity contribution in [3.05, 3.63) is 58.5 Å². The van der Waals surface area contributed by atoms with E-state index in [2.05, 4.69) is 4.58 Å². The van der Waals surface area contributed by atoms with Gasteiger partial charge in [-0.2, -0.15) is 4.58 Å². The molecule has 0 spiro atoms. The van der Waals surface area contributed by atoms with Crippen molar-refractivity contribution < 1.29 is 9.81 Å². The quantitative estimate of drug-likeness (QED) is 0.262. The molecule has 3 nitrogen and oxygen atoms in total. The minimum Gasteiger partial charge on any atom is -0.590 e. The fourth-order valence-electron chi connectivity index (χ4n) is 1.99. The smallest absolute Gasteiger partial charge is 0.401 e. The summed E-state index contributed by atoms with van der Waals surface area (Å²) < 4.78 is 17.8. The molecule has 0 aliphatic rings. The summed E-state index contributed by atoms with van der Waals surface area (Å²) in [6.07, 6.45) is 0. The summed E-state index contributed by atoms with van der Waals surface area (Å²) in [6, 6.07) is 14.2. The molecule has 0 amide bonds. The molecule has 4 heteroatoms. The van der Waals surface area contributed by atoms with Crippen molar-refractivity contribution in [2.45, 2.75) is 0 Å². The second-order valence-electron chi connectivity index (χ2n) is 3.67. The van der Waals surface area contributed by atoms with Gasteiger partial charge in [0.1, 0.15) is 10.8 Å². The Labute approximate surface area is 99.6 Å². The van der Waals surface area contributed by atoms with Crippen LogP contribution in [0.1, 0.15) is 0 Å². The standard InChI is InChI=1S/C13H8O3S/c14-16-13-9-5-1-3-7-11(9)17(15)12-8-4-2-6-10(12)13/h1-8H. The lowest BCUT2D eigenvalue weighted by atomic mass is 10.2. The van der Waals surface area contributed by atoms with Crippen LogP contribution in [-0.4, -0.2) is 4.55 Å². The summed E-state index contributed by atoms with van der Waals surface area (Å²) in [4.78, 5) is 0. The molecule has 0 N–H and O–H groups in total. The molecule has 0 aliphatic carbocycles. The van der Waals surface area contributed by atoms with Crippen LogP contribution in [0.3, 0.4) is 0 Å². The van der Waals surface area contributed by atoms with Gasteiger partial charge in [0.25, 0.3) is 0 Å². The second kappa shape index (κ2) is 3.84. The van der Waals surface area contributed by atoms with Crippen LogP contribution in [0.2, 0.25) is 0 Å². The highest BCUT2D eigenvalue weighted by Crippen LogP contribution is 2.31. The molecule has 0 saturated carbocycles. The van der Waals surface area contributed by atoms with Crippen LogP contribution >= 0.6 is 10.8 Å². The van der Waals surface area contributed by atoms with E-state index in [1.54, 1.807) is 48.5 Å². The Hall–Kier alpha value is -1.91. The van der Waals surface area contributed by atoms with E-state index in [-0.39, 0.29) is 5.43 Å². The van der Waals surface area contributed by atoms with Crippen molar-refractivity contribution in [3.63, 3.8) is 0 Å². The molecular weight excluding hydrogens is 236 g/mol. The van der Waals surface area contributed by atoms with E-state index in [0.717, 1.165) is 0 Å². The highest BCUT2D eigenvalue weighted by molar-refractivity contribution is 7.36. The lowest BCUT2D eigenvalue weighted by molar-refractivity contribution is -0.305. The highest BCUT2D eigenvalue weighted by Gasteiger charge is 2.18. The number of hydrogen-bond acceptors (Lipinski definition) is 2. The molecule has 0 bridgehead atoms. The maximum absolute atomic E-state index is 12.3. The van der Waals surface area contributed by atoms with E-state index in [0.29, 0.717) is 20.2 Å². The zero-order valence-corrected chi connectivity index (χ0v) is 9.57. The number of fused-ring (bicyclic) bond motifs is 2. The fourth-order valence-corrected chi connectivity index (χ4v) is 3.35. The third kappa shape index (κ3) is 1.42. The van der Waals surface area contributed by atoms with Gasteiger partial charge < -0.3 is 9.81 Å². The molecule has 3 rings (SSSR count). The number of benzene rings is 2. The molecule has 17 heavy (non-hydrogen) atoms. The molecular formula is C13H8O3S. The van der Waals surface area contributed by atoms with E-state index in [9.17, 15) is 9.81 Å². The van der Waals surface area contributed by atoms with Gasteiger partial charge in [-0.3, -0.25) is 0 Å². The van der Waals surface area contributed by atoms with E-state index < -0.39 is 10.8 Å². The largest absolute Gasteiger partial charge is 0.590 e. The summed E-state index contributed by atoms with van der Waals surface area (Å²) in [7, 11) is -1.25. The van der Waals surface area contributed by atoms with Gasteiger partial charge in [0.15, 0.2) is 9.40 Å². The van der Waals surface area contributed by atoms with Gasteiger partial charge in [-0.05, 0) is 35.0 Å². The molecule has 0 aliphatic heterocycles. The summed E-state index contributed by atoms with van der Waals surface area (Å²) in [6.45, 7) is 0. The molecule has 3 aromatic rings. The summed E-state index contributed by atoms with van der Waals surface area (Å²) in [5, 5.41) is 12.1. The first-order chi connectivity index (χ1) is 8.33. The first-order valence-corrected chi connectivity index (χ1v) is 6.25. The lowest BCUT2D eigenvalue weighted by Gasteiger charge is -2.01. The Morgan fingerprint density at radius 1 is 0.824 bits per heavy atom. The average Bonchev–Trinajstić information content (AvgIpc) is 2.40. The van der Waals surface area contributed by atoms with E-state index >= 15 is 0 Å². The van der Waals surface area contributed by atoms with Crippen molar-refractivity contribution in [1.29, 1.82) is 0 Å². The maximum Gasteiger partial charge on any atom is 0.401 e. The molecule has 84 valence electrons. The van der Waals surface area contributed by atoms with Gasteiger partial charge in [-0.1, -0.05) is 24.3 Å². The third-order valence-corrected chi connectivity index (χ3v) is 4.26. The van der Waals surface area contributed by atoms with Crippen molar-refractivity contribution in [2.75, 3.05) is 0 Å². The number of hydrogen-bond donors (Lipinski definition) is 0. The van der Waals surface area contributed by atoms with Crippen LogP contribution < -0.4 is 10.7 Å². The van der Waals surface area contributed by atoms with Crippen LogP contribution in [0.5, 0.6) is 0 Å². The van der Waals surface area contributed by atoms with Gasteiger partial charge in [0, 0.05) is 0 Å². The fraction of sp³-hybridized carbons (Fsp3) is 0. The first kappa shape index (κ1) is 10.3. The van der Waals surface area contributed by atoms with Crippen molar-refractivity contribution in [1.82, 2.24) is 0 Å². The van der Waals surface area contributed by atoms with Gasteiger partial charge in [-0.15, -0.1) is 0 Å². The Kier molecular flexibility index (Phi) is 2.31. The molecule has 2 aromatic carbocycles. The minimum atomic E-state index is -1.25. The predicted octanol–water partition coefficient (Wildman–Crippen LogP) is 1.89. The summed E-state index contributed by atoms with van der Waals surface area (Å²) >= 11 is 0. The van der Waals surface area contributed by atoms with Gasteiger partial charge in [0.2, 0.25) is 0 Å². The highest BCUT2D eigenvalue weighted by atomic mass is 32.2. The topological polar surface area (TPSA) is 57.4 Å². The molecule has 1 heterocycles. The molecule has 0 unspecified atom stereocenters. The zero-order chi connectivity index (χ0) is 11.8. The summed E-state index contributed by atoms with van der Waals surface area (Å²) in [5.41, 5.74) is 0.246. The normalized spacial score (nSPS) is 11.9.